The van der Waals surface area contributed by atoms with E-state index in [-0.39, 0.29) is 18.4 Å². The first-order chi connectivity index (χ1) is 13.7. The van der Waals surface area contributed by atoms with Gasteiger partial charge in [-0.2, -0.15) is 0 Å². The van der Waals surface area contributed by atoms with E-state index in [1.165, 1.54) is 30.0 Å². The molecule has 2 atom stereocenters. The van der Waals surface area contributed by atoms with Crippen molar-refractivity contribution in [2.24, 2.45) is 5.92 Å². The van der Waals surface area contributed by atoms with Crippen molar-refractivity contribution >= 4 is 18.0 Å². The van der Waals surface area contributed by atoms with Gasteiger partial charge in [-0.25, -0.2) is 9.59 Å². The van der Waals surface area contributed by atoms with E-state index in [0.29, 0.717) is 12.8 Å². The second kappa shape index (κ2) is 11.9. The molecule has 0 aliphatic rings. The number of benzene rings is 1. The van der Waals surface area contributed by atoms with E-state index in [4.69, 9.17) is 9.47 Å². The molecule has 0 aliphatic heterocycles. The van der Waals surface area contributed by atoms with Gasteiger partial charge in [0.2, 0.25) is 5.91 Å². The van der Waals surface area contributed by atoms with Gasteiger partial charge in [0.1, 0.15) is 18.7 Å². The van der Waals surface area contributed by atoms with Gasteiger partial charge in [-0.05, 0) is 17.9 Å². The fourth-order valence-electron chi connectivity index (χ4n) is 2.97. The highest BCUT2D eigenvalue weighted by Crippen LogP contribution is 2.17. The summed E-state index contributed by atoms with van der Waals surface area (Å²) in [4.78, 5) is 40.7. The maximum absolute atomic E-state index is 13.3. The molecule has 7 heteroatoms. The zero-order chi connectivity index (χ0) is 22.0. The summed E-state index contributed by atoms with van der Waals surface area (Å²) in [7, 11) is 4.38. The van der Waals surface area contributed by atoms with Crippen LogP contribution in [-0.2, 0) is 25.5 Å². The predicted molar refractivity (Wildman–Crippen MR) is 111 cm³/mol. The third-order valence-corrected chi connectivity index (χ3v) is 4.62. The molecule has 0 saturated carbocycles. The topological polar surface area (TPSA) is 76.2 Å². The van der Waals surface area contributed by atoms with Gasteiger partial charge in [-0.1, -0.05) is 56.8 Å². The first-order valence-corrected chi connectivity index (χ1v) is 9.61. The molecule has 29 heavy (non-hydrogen) atoms. The molecule has 0 saturated heterocycles. The number of esters is 1. The summed E-state index contributed by atoms with van der Waals surface area (Å²) in [5.41, 5.74) is 0.904. The van der Waals surface area contributed by atoms with E-state index in [0.717, 1.165) is 5.56 Å². The Bertz CT molecular complexity index is 690. The average molecular weight is 405 g/mol. The fourth-order valence-corrected chi connectivity index (χ4v) is 2.97. The van der Waals surface area contributed by atoms with Gasteiger partial charge < -0.3 is 14.4 Å². The Labute approximate surface area is 173 Å². The summed E-state index contributed by atoms with van der Waals surface area (Å²) >= 11 is 0. The summed E-state index contributed by atoms with van der Waals surface area (Å²) in [6.45, 7) is 7.50. The Morgan fingerprint density at radius 2 is 1.69 bits per heavy atom. The van der Waals surface area contributed by atoms with Crippen molar-refractivity contribution in [2.75, 3.05) is 27.8 Å². The Morgan fingerprint density at radius 1 is 1.07 bits per heavy atom. The lowest BCUT2D eigenvalue weighted by molar-refractivity contribution is -0.153. The molecule has 1 aromatic rings. The highest BCUT2D eigenvalue weighted by atomic mass is 16.6. The maximum Gasteiger partial charge on any atom is 0.410 e. The molecule has 0 fully saturated rings. The monoisotopic (exact) mass is 404 g/mol. The van der Waals surface area contributed by atoms with Crippen LogP contribution in [0.5, 0.6) is 0 Å². The van der Waals surface area contributed by atoms with Crippen molar-refractivity contribution in [1.29, 1.82) is 0 Å². The van der Waals surface area contributed by atoms with Crippen LogP contribution in [0.15, 0.2) is 43.0 Å². The number of hydrogen-bond acceptors (Lipinski definition) is 5. The molecule has 0 unspecified atom stereocenters. The van der Waals surface area contributed by atoms with Gasteiger partial charge in [0.05, 0.1) is 7.11 Å². The standard InChI is InChI=1S/C22H32N2O5/c1-7-13-29-22(27)24(5)18(14-16(2)3)20(25)23(4)19(21(26)28-6)15-17-11-9-8-10-12-17/h7-12,16,18-19H,1,13-15H2,2-6H3/t18-,19-/m1/s1. The summed E-state index contributed by atoms with van der Waals surface area (Å²) in [6, 6.07) is 7.83. The van der Waals surface area contributed by atoms with Crippen LogP contribution in [0.4, 0.5) is 4.79 Å². The van der Waals surface area contributed by atoms with Crippen LogP contribution in [0.2, 0.25) is 0 Å². The van der Waals surface area contributed by atoms with Crippen molar-refractivity contribution in [3.05, 3.63) is 48.6 Å². The predicted octanol–water partition coefficient (Wildman–Crippen LogP) is 2.90. The number of nitrogens with zero attached hydrogens (tertiary/aromatic N) is 2. The molecule has 0 aliphatic carbocycles. The molecule has 0 spiro atoms. The third-order valence-electron chi connectivity index (χ3n) is 4.62. The lowest BCUT2D eigenvalue weighted by Crippen LogP contribution is -2.54. The van der Waals surface area contributed by atoms with Crippen molar-refractivity contribution in [3.8, 4) is 0 Å². The van der Waals surface area contributed by atoms with Gasteiger partial charge in [-0.3, -0.25) is 9.69 Å². The Morgan fingerprint density at radius 3 is 2.21 bits per heavy atom. The normalized spacial score (nSPS) is 12.6. The number of likely N-dealkylation sites (N-methyl/N-ethyl adjacent to an activating group) is 2. The van der Waals surface area contributed by atoms with Crippen molar-refractivity contribution in [2.45, 2.75) is 38.8 Å². The van der Waals surface area contributed by atoms with Gasteiger partial charge in [0.15, 0.2) is 0 Å². The second-order valence-electron chi connectivity index (χ2n) is 7.30. The van der Waals surface area contributed by atoms with Gasteiger partial charge in [0, 0.05) is 20.5 Å². The molecule has 0 aromatic heterocycles. The van der Waals surface area contributed by atoms with Crippen molar-refractivity contribution in [3.63, 3.8) is 0 Å². The zero-order valence-electron chi connectivity index (χ0n) is 18.0. The van der Waals surface area contributed by atoms with Crippen LogP contribution in [0.3, 0.4) is 0 Å². The molecule has 0 N–H and O–H groups in total. The van der Waals surface area contributed by atoms with Crippen molar-refractivity contribution < 1.29 is 23.9 Å². The summed E-state index contributed by atoms with van der Waals surface area (Å²) in [5, 5.41) is 0. The largest absolute Gasteiger partial charge is 0.467 e. The molecule has 2 amide bonds. The van der Waals surface area contributed by atoms with E-state index >= 15 is 0 Å². The minimum atomic E-state index is -0.804. The number of hydrogen-bond donors (Lipinski definition) is 0. The summed E-state index contributed by atoms with van der Waals surface area (Å²) < 4.78 is 10.0. The molecule has 160 valence electrons. The lowest BCUT2D eigenvalue weighted by Gasteiger charge is -2.34. The van der Waals surface area contributed by atoms with Gasteiger partial charge >= 0.3 is 12.1 Å². The maximum atomic E-state index is 13.3. The fraction of sp³-hybridized carbons (Fsp3) is 0.500. The molecule has 0 radical (unpaired) electrons. The first kappa shape index (κ1) is 24.2. The van der Waals surface area contributed by atoms with Gasteiger partial charge in [0.25, 0.3) is 0 Å². The number of rotatable bonds is 10. The molecular formula is C22H32N2O5. The Balaban J connectivity index is 3.10. The number of carbonyl (C=O) groups is 3. The van der Waals surface area contributed by atoms with Crippen LogP contribution >= 0.6 is 0 Å². The van der Waals surface area contributed by atoms with Gasteiger partial charge in [-0.15, -0.1) is 0 Å². The minimum Gasteiger partial charge on any atom is -0.467 e. The van der Waals surface area contributed by atoms with E-state index in [1.807, 2.05) is 44.2 Å². The molecule has 0 bridgehead atoms. The minimum absolute atomic E-state index is 0.0559. The van der Waals surface area contributed by atoms with E-state index in [1.54, 1.807) is 7.05 Å². The highest BCUT2D eigenvalue weighted by molar-refractivity contribution is 5.89. The quantitative estimate of drug-likeness (QED) is 0.443. The Kier molecular flexibility index (Phi) is 9.92. The van der Waals surface area contributed by atoms with Crippen LogP contribution in [-0.4, -0.2) is 67.7 Å². The number of amides is 2. The summed E-state index contributed by atoms with van der Waals surface area (Å²) in [5.74, 6) is -0.703. The van der Waals surface area contributed by atoms with E-state index < -0.39 is 24.1 Å². The van der Waals surface area contributed by atoms with Crippen LogP contribution in [0.1, 0.15) is 25.8 Å². The highest BCUT2D eigenvalue weighted by Gasteiger charge is 2.36. The SMILES string of the molecule is C=CCOC(=O)N(C)[C@H](CC(C)C)C(=O)N(C)[C@H](Cc1ccccc1)C(=O)OC. The van der Waals surface area contributed by atoms with E-state index in [2.05, 4.69) is 6.58 Å². The van der Waals surface area contributed by atoms with Crippen molar-refractivity contribution in [1.82, 2.24) is 9.80 Å². The first-order valence-electron chi connectivity index (χ1n) is 9.61. The molecule has 1 aromatic carbocycles. The van der Waals surface area contributed by atoms with E-state index in [9.17, 15) is 14.4 Å². The van der Waals surface area contributed by atoms with Crippen LogP contribution < -0.4 is 0 Å². The van der Waals surface area contributed by atoms with Crippen LogP contribution in [0, 0.1) is 5.92 Å². The third kappa shape index (κ3) is 7.25. The molecule has 7 nitrogen and oxygen atoms in total. The second-order valence-corrected chi connectivity index (χ2v) is 7.30. The smallest absolute Gasteiger partial charge is 0.410 e. The van der Waals surface area contributed by atoms with Crippen LogP contribution in [0.25, 0.3) is 0 Å². The number of carbonyl (C=O) groups excluding carboxylic acids is 3. The zero-order valence-corrected chi connectivity index (χ0v) is 18.0. The Hall–Kier alpha value is -2.83. The molecule has 0 heterocycles. The number of methoxy groups -OCH3 is 1. The summed E-state index contributed by atoms with van der Waals surface area (Å²) in [6.07, 6.45) is 1.59. The number of ether oxygens (including phenoxy) is 2. The molecule has 1 rings (SSSR count). The lowest BCUT2D eigenvalue weighted by atomic mass is 9.99. The molecular weight excluding hydrogens is 372 g/mol. The average Bonchev–Trinajstić information content (AvgIpc) is 2.72.